The molecule has 0 amide bonds. The molecule has 42 heavy (non-hydrogen) atoms. The first kappa shape index (κ1) is 34.6. The van der Waals surface area contributed by atoms with Crippen molar-refractivity contribution in [3.8, 4) is 22.8 Å². The number of hydrogen-bond acceptors (Lipinski definition) is 7. The standard InChI is InChI=1S/C32H41NO7.C2H6/c1-8-12-22(9-2)20-38-21-32(4,5)30-16-23-15-29(40-14-11-13-36-6)28(37-7)17-24(23)26-18-27(34)25(19-33(26)30)31(35)39-10-3;1-2/h8-9,12,15,17-19,30H,1-2,10-11,13-14,16,20-21H2,3-7H3;1-2H3/b22-12+;. The van der Waals surface area contributed by atoms with Gasteiger partial charge in [0.2, 0.25) is 0 Å². The molecule has 0 saturated heterocycles. The maximum Gasteiger partial charge on any atom is 0.343 e. The Balaban J connectivity index is 0.00000301. The zero-order chi connectivity index (χ0) is 31.3. The minimum atomic E-state index is -0.635. The first-order valence-electron chi connectivity index (χ1n) is 14.5. The Kier molecular flexibility index (Phi) is 13.8. The fourth-order valence-electron chi connectivity index (χ4n) is 4.87. The number of rotatable bonds is 15. The molecule has 1 aliphatic heterocycles. The van der Waals surface area contributed by atoms with Gasteiger partial charge in [-0.1, -0.05) is 59.1 Å². The van der Waals surface area contributed by atoms with E-state index in [1.54, 1.807) is 39.5 Å². The number of methoxy groups -OCH3 is 2. The van der Waals surface area contributed by atoms with E-state index in [0.717, 1.165) is 23.1 Å². The minimum Gasteiger partial charge on any atom is -0.493 e. The Hall–Kier alpha value is -3.62. The Morgan fingerprint density at radius 2 is 1.86 bits per heavy atom. The van der Waals surface area contributed by atoms with E-state index in [-0.39, 0.29) is 18.2 Å². The van der Waals surface area contributed by atoms with Crippen LogP contribution >= 0.6 is 0 Å². The fraction of sp³-hybridized carbons (Fsp3) is 0.471. The normalized spacial score (nSPS) is 14.1. The lowest BCUT2D eigenvalue weighted by Gasteiger charge is -2.41. The third-order valence-electron chi connectivity index (χ3n) is 6.98. The summed E-state index contributed by atoms with van der Waals surface area (Å²) in [6, 6.07) is 5.25. The van der Waals surface area contributed by atoms with Gasteiger partial charge in [-0.2, -0.15) is 0 Å². The molecule has 8 nitrogen and oxygen atoms in total. The van der Waals surface area contributed by atoms with Crippen molar-refractivity contribution in [1.82, 2.24) is 4.57 Å². The van der Waals surface area contributed by atoms with Crippen LogP contribution in [0.15, 0.2) is 66.1 Å². The molecule has 1 aliphatic rings. The van der Waals surface area contributed by atoms with Gasteiger partial charge in [-0.3, -0.25) is 4.79 Å². The van der Waals surface area contributed by atoms with Crippen molar-refractivity contribution in [2.24, 2.45) is 5.41 Å². The lowest BCUT2D eigenvalue weighted by atomic mass is 9.77. The van der Waals surface area contributed by atoms with E-state index >= 15 is 0 Å². The number of esters is 1. The lowest BCUT2D eigenvalue weighted by Crippen LogP contribution is -2.37. The summed E-state index contributed by atoms with van der Waals surface area (Å²) in [4.78, 5) is 25.8. The lowest BCUT2D eigenvalue weighted by molar-refractivity contribution is 0.0423. The molecule has 1 atom stereocenters. The highest BCUT2D eigenvalue weighted by molar-refractivity contribution is 5.89. The van der Waals surface area contributed by atoms with Gasteiger partial charge in [-0.05, 0) is 36.6 Å². The Bertz CT molecular complexity index is 1310. The van der Waals surface area contributed by atoms with Gasteiger partial charge in [0.05, 0.1) is 39.2 Å². The van der Waals surface area contributed by atoms with Gasteiger partial charge in [-0.15, -0.1) is 0 Å². The van der Waals surface area contributed by atoms with Crippen LogP contribution in [0.25, 0.3) is 11.3 Å². The first-order valence-corrected chi connectivity index (χ1v) is 14.5. The molecular weight excluding hydrogens is 534 g/mol. The zero-order valence-corrected chi connectivity index (χ0v) is 26.3. The van der Waals surface area contributed by atoms with E-state index < -0.39 is 16.8 Å². The number of pyridine rings is 1. The van der Waals surface area contributed by atoms with E-state index in [0.29, 0.717) is 50.0 Å². The molecule has 0 aliphatic carbocycles. The monoisotopic (exact) mass is 581 g/mol. The van der Waals surface area contributed by atoms with Gasteiger partial charge in [0.15, 0.2) is 16.9 Å². The van der Waals surface area contributed by atoms with Gasteiger partial charge < -0.3 is 28.3 Å². The molecular formula is C34H47NO7. The Morgan fingerprint density at radius 3 is 2.48 bits per heavy atom. The maximum absolute atomic E-state index is 13.1. The van der Waals surface area contributed by atoms with Crippen LogP contribution < -0.4 is 14.9 Å². The predicted molar refractivity (Wildman–Crippen MR) is 168 cm³/mol. The van der Waals surface area contributed by atoms with E-state index in [4.69, 9.17) is 23.7 Å². The molecule has 230 valence electrons. The van der Waals surface area contributed by atoms with Gasteiger partial charge in [0.25, 0.3) is 0 Å². The van der Waals surface area contributed by atoms with Gasteiger partial charge >= 0.3 is 5.97 Å². The highest BCUT2D eigenvalue weighted by atomic mass is 16.5. The van der Waals surface area contributed by atoms with Gasteiger partial charge in [0.1, 0.15) is 5.56 Å². The maximum atomic E-state index is 13.1. The summed E-state index contributed by atoms with van der Waals surface area (Å²) >= 11 is 0. The van der Waals surface area contributed by atoms with Crippen molar-refractivity contribution in [3.63, 3.8) is 0 Å². The molecule has 3 rings (SSSR count). The van der Waals surface area contributed by atoms with E-state index in [1.807, 2.05) is 36.6 Å². The molecule has 1 unspecified atom stereocenters. The highest BCUT2D eigenvalue weighted by Gasteiger charge is 2.37. The SMILES string of the molecule is C=C/C=C(\C=C)COCC(C)(C)C1Cc2cc(OCCCOC)c(OC)cc2-c2cc(=O)c(C(=O)OCC)cn21.CC. The second kappa shape index (κ2) is 16.7. The van der Waals surface area contributed by atoms with Crippen LogP contribution in [-0.2, 0) is 20.6 Å². The number of carbonyl (C=O) groups is 1. The zero-order valence-electron chi connectivity index (χ0n) is 26.3. The van der Waals surface area contributed by atoms with Crippen LogP contribution in [0.5, 0.6) is 11.5 Å². The summed E-state index contributed by atoms with van der Waals surface area (Å²) in [7, 11) is 3.25. The molecule has 0 saturated carbocycles. The fourth-order valence-corrected chi connectivity index (χ4v) is 4.87. The summed E-state index contributed by atoms with van der Waals surface area (Å²) in [6.45, 7) is 19.6. The number of benzene rings is 1. The molecule has 0 N–H and O–H groups in total. The van der Waals surface area contributed by atoms with Crippen LogP contribution in [0.3, 0.4) is 0 Å². The second-order valence-corrected chi connectivity index (χ2v) is 10.3. The van der Waals surface area contributed by atoms with Crippen molar-refractivity contribution in [3.05, 3.63) is 82.7 Å². The van der Waals surface area contributed by atoms with Crippen LogP contribution in [0, 0.1) is 5.41 Å². The second-order valence-electron chi connectivity index (χ2n) is 10.3. The van der Waals surface area contributed by atoms with Crippen LogP contribution in [-0.4, -0.2) is 57.8 Å². The van der Waals surface area contributed by atoms with E-state index in [2.05, 4.69) is 27.0 Å². The van der Waals surface area contributed by atoms with Crippen molar-refractivity contribution >= 4 is 5.97 Å². The van der Waals surface area contributed by atoms with Crippen molar-refractivity contribution in [2.75, 3.05) is 47.3 Å². The number of hydrogen-bond donors (Lipinski definition) is 0. The molecule has 1 aromatic carbocycles. The van der Waals surface area contributed by atoms with Crippen molar-refractivity contribution in [1.29, 1.82) is 0 Å². The van der Waals surface area contributed by atoms with E-state index in [9.17, 15) is 9.59 Å². The minimum absolute atomic E-state index is 0.00342. The summed E-state index contributed by atoms with van der Waals surface area (Å²) < 4.78 is 30.1. The summed E-state index contributed by atoms with van der Waals surface area (Å²) in [5.74, 6) is 0.565. The largest absolute Gasteiger partial charge is 0.493 e. The number of aromatic nitrogens is 1. The summed E-state index contributed by atoms with van der Waals surface area (Å²) in [6.07, 6.45) is 8.31. The third kappa shape index (κ3) is 8.46. The number of nitrogens with zero attached hydrogens (tertiary/aromatic N) is 1. The highest BCUT2D eigenvalue weighted by Crippen LogP contribution is 2.46. The molecule has 0 radical (unpaired) electrons. The molecule has 2 heterocycles. The molecule has 0 spiro atoms. The molecule has 0 fully saturated rings. The summed E-state index contributed by atoms with van der Waals surface area (Å²) in [5.41, 5.74) is 2.70. The Morgan fingerprint density at radius 1 is 1.12 bits per heavy atom. The van der Waals surface area contributed by atoms with Gasteiger partial charge in [0, 0.05) is 49.4 Å². The van der Waals surface area contributed by atoms with Crippen LogP contribution in [0.1, 0.15) is 63.0 Å². The number of carbonyl (C=O) groups excluding carboxylic acids is 1. The number of fused-ring (bicyclic) bond motifs is 3. The number of ether oxygens (including phenoxy) is 5. The van der Waals surface area contributed by atoms with Crippen LogP contribution in [0.2, 0.25) is 0 Å². The third-order valence-corrected chi connectivity index (χ3v) is 6.98. The van der Waals surface area contributed by atoms with Crippen molar-refractivity contribution < 1.29 is 28.5 Å². The van der Waals surface area contributed by atoms with Crippen molar-refractivity contribution in [2.45, 2.75) is 53.5 Å². The van der Waals surface area contributed by atoms with E-state index in [1.165, 1.54) is 6.07 Å². The molecule has 8 heteroatoms. The molecule has 2 aromatic rings. The average Bonchev–Trinajstić information content (AvgIpc) is 2.98. The predicted octanol–water partition coefficient (Wildman–Crippen LogP) is 6.58. The average molecular weight is 582 g/mol. The quantitative estimate of drug-likeness (QED) is 0.133. The Labute approximate surface area is 250 Å². The smallest absolute Gasteiger partial charge is 0.343 e. The van der Waals surface area contributed by atoms with Gasteiger partial charge in [-0.25, -0.2) is 4.79 Å². The first-order chi connectivity index (χ1) is 20.2. The molecule has 1 aromatic heterocycles. The number of allylic oxidation sites excluding steroid dienone is 2. The van der Waals surface area contributed by atoms with Crippen LogP contribution in [0.4, 0.5) is 0 Å². The molecule has 0 bridgehead atoms. The summed E-state index contributed by atoms with van der Waals surface area (Å²) in [5, 5.41) is 0. The topological polar surface area (TPSA) is 85.2 Å².